The van der Waals surface area contributed by atoms with Crippen molar-refractivity contribution < 1.29 is 9.59 Å². The fourth-order valence-electron chi connectivity index (χ4n) is 4.09. The number of carbonyl (C=O) groups is 2. The van der Waals surface area contributed by atoms with Crippen LogP contribution < -0.4 is 5.32 Å². The summed E-state index contributed by atoms with van der Waals surface area (Å²) in [5.41, 5.74) is 2.35. The molecule has 0 aliphatic carbocycles. The molecule has 0 bridgehead atoms. The lowest BCUT2D eigenvalue weighted by molar-refractivity contribution is 0.0585. The van der Waals surface area contributed by atoms with Gasteiger partial charge in [-0.25, -0.2) is 4.79 Å². The number of halogens is 2. The Balaban J connectivity index is 1.42. The van der Waals surface area contributed by atoms with Crippen LogP contribution in [0.3, 0.4) is 0 Å². The molecule has 158 valence electrons. The van der Waals surface area contributed by atoms with Crippen LogP contribution in [0.15, 0.2) is 42.5 Å². The van der Waals surface area contributed by atoms with E-state index in [-0.39, 0.29) is 16.8 Å². The van der Waals surface area contributed by atoms with E-state index in [9.17, 15) is 9.59 Å². The monoisotopic (exact) mass is 463 g/mol. The molecule has 3 amide bonds. The number of hydrogen-bond donors (Lipinski definition) is 1. The van der Waals surface area contributed by atoms with Crippen molar-refractivity contribution in [2.75, 3.05) is 30.7 Å². The molecule has 4 rings (SSSR count). The molecule has 2 aromatic carbocycles. The number of amides is 3. The van der Waals surface area contributed by atoms with Gasteiger partial charge in [-0.05, 0) is 50.1 Å². The molecule has 5 nitrogen and oxygen atoms in total. The number of anilines is 1. The van der Waals surface area contributed by atoms with Gasteiger partial charge in [0.25, 0.3) is 5.91 Å². The van der Waals surface area contributed by atoms with Crippen LogP contribution in [0.4, 0.5) is 10.5 Å². The van der Waals surface area contributed by atoms with Crippen molar-refractivity contribution in [1.29, 1.82) is 0 Å². The summed E-state index contributed by atoms with van der Waals surface area (Å²) < 4.78 is 0. The van der Waals surface area contributed by atoms with Gasteiger partial charge in [0, 0.05) is 36.0 Å². The van der Waals surface area contributed by atoms with Gasteiger partial charge in [-0.2, -0.15) is 0 Å². The van der Waals surface area contributed by atoms with E-state index < -0.39 is 0 Å². The summed E-state index contributed by atoms with van der Waals surface area (Å²) in [6, 6.07) is 12.5. The zero-order valence-electron chi connectivity index (χ0n) is 16.7. The third kappa shape index (κ3) is 4.27. The zero-order chi connectivity index (χ0) is 21.3. The van der Waals surface area contributed by atoms with Gasteiger partial charge >= 0.3 is 6.03 Å². The van der Waals surface area contributed by atoms with E-state index >= 15 is 0 Å². The van der Waals surface area contributed by atoms with Crippen LogP contribution in [-0.4, -0.2) is 52.0 Å². The number of piperidine rings is 1. The summed E-state index contributed by atoms with van der Waals surface area (Å²) in [5, 5.41) is 3.79. The predicted octanol–water partition coefficient (Wildman–Crippen LogP) is 5.52. The molecule has 1 spiro atoms. The largest absolute Gasteiger partial charge is 0.324 e. The van der Waals surface area contributed by atoms with Gasteiger partial charge in [0.1, 0.15) is 0 Å². The van der Waals surface area contributed by atoms with Crippen LogP contribution in [0.1, 0.15) is 28.8 Å². The highest BCUT2D eigenvalue weighted by Crippen LogP contribution is 2.44. The Bertz CT molecular complexity index is 977. The maximum absolute atomic E-state index is 13.2. The Hall–Kier alpha value is -1.89. The van der Waals surface area contributed by atoms with E-state index in [0.717, 1.165) is 36.3 Å². The second kappa shape index (κ2) is 8.69. The zero-order valence-corrected chi connectivity index (χ0v) is 19.0. The van der Waals surface area contributed by atoms with Crippen molar-refractivity contribution in [3.63, 3.8) is 0 Å². The normalized spacial score (nSPS) is 18.0. The SMILES string of the molecule is Cc1cccc(C(=O)N2CCSC23CCN(C(=O)Nc2ccc(Cl)cc2Cl)CC3)c1. The van der Waals surface area contributed by atoms with Gasteiger partial charge in [0.15, 0.2) is 0 Å². The van der Waals surface area contributed by atoms with E-state index in [2.05, 4.69) is 5.32 Å². The number of rotatable bonds is 2. The predicted molar refractivity (Wildman–Crippen MR) is 124 cm³/mol. The van der Waals surface area contributed by atoms with E-state index in [4.69, 9.17) is 23.2 Å². The molecule has 2 aliphatic heterocycles. The molecule has 2 fully saturated rings. The third-order valence-corrected chi connectivity index (χ3v) is 7.79. The number of nitrogens with zero attached hydrogens (tertiary/aromatic N) is 2. The lowest BCUT2D eigenvalue weighted by Gasteiger charge is -2.44. The van der Waals surface area contributed by atoms with E-state index in [1.807, 2.05) is 47.9 Å². The van der Waals surface area contributed by atoms with Crippen LogP contribution in [-0.2, 0) is 0 Å². The van der Waals surface area contributed by atoms with Crippen molar-refractivity contribution in [2.45, 2.75) is 24.6 Å². The number of carbonyl (C=O) groups excluding carboxylic acids is 2. The Morgan fingerprint density at radius 2 is 1.83 bits per heavy atom. The minimum atomic E-state index is -0.241. The van der Waals surface area contributed by atoms with Crippen LogP contribution in [0, 0.1) is 6.92 Å². The van der Waals surface area contributed by atoms with E-state index in [1.54, 1.807) is 23.1 Å². The first kappa shape index (κ1) is 21.3. The standard InChI is InChI=1S/C22H23Cl2N3O2S/c1-15-3-2-4-16(13-15)20(28)27-11-12-30-22(27)7-9-26(10-8-22)21(29)25-19-6-5-17(23)14-18(19)24/h2-6,13-14H,7-12H2,1H3,(H,25,29). The molecule has 0 saturated carbocycles. The highest BCUT2D eigenvalue weighted by molar-refractivity contribution is 8.00. The molecule has 2 heterocycles. The first-order valence-electron chi connectivity index (χ1n) is 9.92. The van der Waals surface area contributed by atoms with Crippen LogP contribution in [0.5, 0.6) is 0 Å². The number of benzene rings is 2. The maximum Gasteiger partial charge on any atom is 0.321 e. The molecular weight excluding hydrogens is 441 g/mol. The van der Waals surface area contributed by atoms with Gasteiger partial charge in [0.05, 0.1) is 15.6 Å². The molecule has 30 heavy (non-hydrogen) atoms. The minimum absolute atomic E-state index is 0.0783. The van der Waals surface area contributed by atoms with Gasteiger partial charge in [-0.3, -0.25) is 4.79 Å². The summed E-state index contributed by atoms with van der Waals surface area (Å²) >= 11 is 13.9. The summed E-state index contributed by atoms with van der Waals surface area (Å²) in [6.07, 6.45) is 1.49. The topological polar surface area (TPSA) is 52.7 Å². The molecule has 8 heteroatoms. The first-order chi connectivity index (χ1) is 14.4. The molecule has 0 atom stereocenters. The lowest BCUT2D eigenvalue weighted by atomic mass is 10.0. The number of likely N-dealkylation sites (tertiary alicyclic amines) is 1. The van der Waals surface area contributed by atoms with Gasteiger partial charge < -0.3 is 15.1 Å². The van der Waals surface area contributed by atoms with Crippen molar-refractivity contribution in [3.05, 3.63) is 63.6 Å². The Morgan fingerprint density at radius 3 is 2.53 bits per heavy atom. The fourth-order valence-corrected chi connectivity index (χ4v) is 6.00. The smallest absolute Gasteiger partial charge is 0.321 e. The minimum Gasteiger partial charge on any atom is -0.324 e. The van der Waals surface area contributed by atoms with Crippen molar-refractivity contribution in [3.8, 4) is 0 Å². The molecule has 0 unspecified atom stereocenters. The van der Waals surface area contributed by atoms with Gasteiger partial charge in [0.2, 0.25) is 0 Å². The van der Waals surface area contributed by atoms with E-state index in [0.29, 0.717) is 28.8 Å². The number of thioether (sulfide) groups is 1. The quantitative estimate of drug-likeness (QED) is 0.637. The van der Waals surface area contributed by atoms with Crippen molar-refractivity contribution in [2.24, 2.45) is 0 Å². The number of hydrogen-bond acceptors (Lipinski definition) is 3. The first-order valence-corrected chi connectivity index (χ1v) is 11.7. The molecular formula is C22H23Cl2N3O2S. The molecule has 0 aromatic heterocycles. The Morgan fingerprint density at radius 1 is 1.07 bits per heavy atom. The number of nitrogens with one attached hydrogen (secondary N) is 1. The van der Waals surface area contributed by atoms with Crippen molar-refractivity contribution in [1.82, 2.24) is 9.80 Å². The van der Waals surface area contributed by atoms with E-state index in [1.165, 1.54) is 0 Å². The second-order valence-corrected chi connectivity index (χ2v) is 9.96. The highest BCUT2D eigenvalue weighted by Gasteiger charge is 2.47. The molecule has 1 N–H and O–H groups in total. The average molecular weight is 464 g/mol. The summed E-state index contributed by atoms with van der Waals surface area (Å²) in [6.45, 7) is 3.91. The molecule has 0 radical (unpaired) electrons. The van der Waals surface area contributed by atoms with Crippen LogP contribution in [0.2, 0.25) is 10.0 Å². The number of aryl methyl sites for hydroxylation is 1. The summed E-state index contributed by atoms with van der Waals surface area (Å²) in [4.78, 5) is 29.5. The van der Waals surface area contributed by atoms with Crippen LogP contribution in [0.25, 0.3) is 0 Å². The molecule has 2 aromatic rings. The fraction of sp³-hybridized carbons (Fsp3) is 0.364. The number of urea groups is 1. The summed E-state index contributed by atoms with van der Waals surface area (Å²) in [5.74, 6) is 0.999. The Kier molecular flexibility index (Phi) is 6.19. The second-order valence-electron chi connectivity index (χ2n) is 7.66. The molecule has 2 aliphatic rings. The third-order valence-electron chi connectivity index (χ3n) is 5.69. The van der Waals surface area contributed by atoms with Crippen LogP contribution >= 0.6 is 35.0 Å². The van der Waals surface area contributed by atoms with Gasteiger partial charge in [-0.15, -0.1) is 11.8 Å². The molecule has 2 saturated heterocycles. The maximum atomic E-state index is 13.2. The Labute approximate surface area is 190 Å². The highest BCUT2D eigenvalue weighted by atomic mass is 35.5. The summed E-state index contributed by atoms with van der Waals surface area (Å²) in [7, 11) is 0. The van der Waals surface area contributed by atoms with Gasteiger partial charge in [-0.1, -0.05) is 40.9 Å². The lowest BCUT2D eigenvalue weighted by Crippen LogP contribution is -2.54. The average Bonchev–Trinajstić information content (AvgIpc) is 3.13. The van der Waals surface area contributed by atoms with Crippen molar-refractivity contribution >= 4 is 52.6 Å².